The predicted molar refractivity (Wildman–Crippen MR) is 52.2 cm³/mol. The van der Waals surface area contributed by atoms with E-state index < -0.39 is 17.2 Å². The molecule has 0 aliphatic rings. The van der Waals surface area contributed by atoms with Gasteiger partial charge in [0.1, 0.15) is 0 Å². The average Bonchev–Trinajstić information content (AvgIpc) is 2.49. The van der Waals surface area contributed by atoms with Gasteiger partial charge in [0.2, 0.25) is 0 Å². The van der Waals surface area contributed by atoms with Crippen molar-refractivity contribution in [3.8, 4) is 0 Å². The topological polar surface area (TPSA) is 93.3 Å². The zero-order valence-electron chi connectivity index (χ0n) is 7.77. The fraction of sp³-hybridized carbons (Fsp3) is 0.375. The third-order valence-corrected chi connectivity index (χ3v) is 2.84. The molecule has 0 saturated heterocycles. The Bertz CT molecular complexity index is 372. The molecule has 1 unspecified atom stereocenters. The smallest absolute Gasteiger partial charge is 0.323 e. The molecule has 0 spiro atoms. The van der Waals surface area contributed by atoms with Crippen molar-refractivity contribution in [2.75, 3.05) is 5.73 Å². The minimum Gasteiger partial charge on any atom is -0.480 e. The van der Waals surface area contributed by atoms with E-state index >= 15 is 0 Å². The van der Waals surface area contributed by atoms with Gasteiger partial charge in [-0.05, 0) is 13.8 Å². The van der Waals surface area contributed by atoms with Crippen LogP contribution in [0.15, 0.2) is 5.38 Å². The summed E-state index contributed by atoms with van der Waals surface area (Å²) in [5.41, 5.74) is 3.98. The highest BCUT2D eigenvalue weighted by Crippen LogP contribution is 2.27. The Balaban J connectivity index is 3.26. The second-order valence-electron chi connectivity index (χ2n) is 3.06. The molecule has 0 aromatic carbocycles. The van der Waals surface area contributed by atoms with Gasteiger partial charge in [-0.3, -0.25) is 9.59 Å². The number of rotatable bonds is 3. The summed E-state index contributed by atoms with van der Waals surface area (Å²) in [6, 6.07) is 0. The number of Topliss-reactive ketones (excluding diaryl/α,β-unsaturated/α-hetero) is 1. The average molecular weight is 214 g/mol. The molecule has 0 saturated carbocycles. The Kier molecular flexibility index (Phi) is 2.57. The highest BCUT2D eigenvalue weighted by Gasteiger charge is 2.42. The number of hydrogen-bond acceptors (Lipinski definition) is 5. The second kappa shape index (κ2) is 3.38. The Morgan fingerprint density at radius 3 is 2.50 bits per heavy atom. The van der Waals surface area contributed by atoms with Crippen molar-refractivity contribution >= 4 is 28.2 Å². The largest absolute Gasteiger partial charge is 0.480 e. The number of ketones is 1. The van der Waals surface area contributed by atoms with Crippen molar-refractivity contribution in [1.82, 2.24) is 4.98 Å². The molecule has 0 bridgehead atoms. The number of carboxylic acid groups (broad SMARTS) is 1. The number of nitrogens with zero attached hydrogens (tertiary/aromatic N) is 1. The van der Waals surface area contributed by atoms with E-state index in [4.69, 9.17) is 10.8 Å². The van der Waals surface area contributed by atoms with Gasteiger partial charge >= 0.3 is 5.97 Å². The molecule has 0 fully saturated rings. The van der Waals surface area contributed by atoms with Gasteiger partial charge in [0.25, 0.3) is 0 Å². The van der Waals surface area contributed by atoms with Crippen molar-refractivity contribution in [3.63, 3.8) is 0 Å². The normalized spacial score (nSPS) is 14.7. The highest BCUT2D eigenvalue weighted by atomic mass is 32.1. The van der Waals surface area contributed by atoms with Crippen molar-refractivity contribution in [2.24, 2.45) is 0 Å². The lowest BCUT2D eigenvalue weighted by Gasteiger charge is -2.18. The molecular weight excluding hydrogens is 204 g/mol. The molecule has 5 nitrogen and oxygen atoms in total. The number of thiazole rings is 1. The number of carbonyl (C=O) groups is 2. The first-order chi connectivity index (χ1) is 6.39. The van der Waals surface area contributed by atoms with Gasteiger partial charge in [-0.15, -0.1) is 11.3 Å². The van der Waals surface area contributed by atoms with Crippen LogP contribution < -0.4 is 5.73 Å². The van der Waals surface area contributed by atoms with E-state index in [0.29, 0.717) is 0 Å². The number of nitrogen functional groups attached to an aromatic ring is 1. The quantitative estimate of drug-likeness (QED) is 0.721. The van der Waals surface area contributed by atoms with E-state index in [1.165, 1.54) is 19.2 Å². The Hall–Kier alpha value is -1.43. The monoisotopic (exact) mass is 214 g/mol. The molecule has 0 aliphatic carbocycles. The first-order valence-electron chi connectivity index (χ1n) is 3.85. The second-order valence-corrected chi connectivity index (χ2v) is 3.95. The summed E-state index contributed by atoms with van der Waals surface area (Å²) >= 11 is 1.12. The minimum absolute atomic E-state index is 0.194. The van der Waals surface area contributed by atoms with Crippen molar-refractivity contribution in [3.05, 3.63) is 11.1 Å². The van der Waals surface area contributed by atoms with E-state index in [9.17, 15) is 9.59 Å². The molecule has 1 heterocycles. The van der Waals surface area contributed by atoms with Gasteiger partial charge in [0.15, 0.2) is 16.3 Å². The lowest BCUT2D eigenvalue weighted by molar-refractivity contribution is -0.147. The number of aliphatic carboxylic acids is 1. The molecule has 0 radical (unpaired) electrons. The van der Waals surface area contributed by atoms with Crippen LogP contribution in [0.4, 0.5) is 5.13 Å². The van der Waals surface area contributed by atoms with Crippen molar-refractivity contribution in [1.29, 1.82) is 0 Å². The maximum Gasteiger partial charge on any atom is 0.323 e. The number of hydrogen-bond donors (Lipinski definition) is 2. The van der Waals surface area contributed by atoms with Crippen LogP contribution in [0.3, 0.4) is 0 Å². The van der Waals surface area contributed by atoms with E-state index in [2.05, 4.69) is 4.98 Å². The SMILES string of the molecule is CC(=O)C(C)(C(=O)O)c1csc(N)n1. The molecular formula is C8H10N2O3S. The molecule has 3 N–H and O–H groups in total. The Morgan fingerprint density at radius 2 is 2.21 bits per heavy atom. The van der Waals surface area contributed by atoms with Gasteiger partial charge in [-0.1, -0.05) is 0 Å². The van der Waals surface area contributed by atoms with E-state index in [0.717, 1.165) is 11.3 Å². The van der Waals surface area contributed by atoms with E-state index in [-0.39, 0.29) is 10.8 Å². The summed E-state index contributed by atoms with van der Waals surface area (Å²) < 4.78 is 0. The molecule has 14 heavy (non-hydrogen) atoms. The summed E-state index contributed by atoms with van der Waals surface area (Å²) in [6.07, 6.45) is 0. The van der Waals surface area contributed by atoms with Gasteiger partial charge in [-0.2, -0.15) is 0 Å². The summed E-state index contributed by atoms with van der Waals surface area (Å²) in [5, 5.41) is 10.7. The number of anilines is 1. The number of aromatic nitrogens is 1. The van der Waals surface area contributed by atoms with Crippen LogP contribution in [-0.2, 0) is 15.0 Å². The summed E-state index contributed by atoms with van der Waals surface area (Å²) in [4.78, 5) is 26.1. The van der Waals surface area contributed by atoms with Crippen LogP contribution in [0, 0.1) is 0 Å². The predicted octanol–water partition coefficient (Wildman–Crippen LogP) is 0.657. The maximum absolute atomic E-state index is 11.3. The number of nitrogens with two attached hydrogens (primary N) is 1. The zero-order chi connectivity index (χ0) is 10.9. The van der Waals surface area contributed by atoms with E-state index in [1.807, 2.05) is 0 Å². The van der Waals surface area contributed by atoms with Gasteiger partial charge in [0.05, 0.1) is 5.69 Å². The Labute approximate surface area is 84.6 Å². The van der Waals surface area contributed by atoms with E-state index in [1.54, 1.807) is 0 Å². The first-order valence-corrected chi connectivity index (χ1v) is 4.73. The molecule has 0 amide bonds. The third kappa shape index (κ3) is 1.48. The maximum atomic E-state index is 11.3. The molecule has 6 heteroatoms. The standard InChI is InChI=1S/C8H10N2O3S/c1-4(11)8(2,6(12)13)5-3-14-7(9)10-5/h3H,1-2H3,(H2,9,10)(H,12,13). The summed E-state index contributed by atoms with van der Waals surface area (Å²) in [6.45, 7) is 2.55. The van der Waals surface area contributed by atoms with Crippen LogP contribution >= 0.6 is 11.3 Å². The van der Waals surface area contributed by atoms with Crippen molar-refractivity contribution in [2.45, 2.75) is 19.3 Å². The molecule has 1 atom stereocenters. The van der Waals surface area contributed by atoms with Crippen molar-refractivity contribution < 1.29 is 14.7 Å². The molecule has 0 aliphatic heterocycles. The van der Waals surface area contributed by atoms with Crippen LogP contribution in [0.1, 0.15) is 19.5 Å². The molecule has 1 aromatic rings. The van der Waals surface area contributed by atoms with Crippen LogP contribution in [0.25, 0.3) is 0 Å². The molecule has 76 valence electrons. The van der Waals surface area contributed by atoms with Crippen LogP contribution in [0.5, 0.6) is 0 Å². The minimum atomic E-state index is -1.59. The fourth-order valence-electron chi connectivity index (χ4n) is 0.958. The number of carbonyl (C=O) groups excluding carboxylic acids is 1. The molecule has 1 aromatic heterocycles. The van der Waals surface area contributed by atoms with Gasteiger partial charge in [0, 0.05) is 5.38 Å². The van der Waals surface area contributed by atoms with Gasteiger partial charge in [-0.25, -0.2) is 4.98 Å². The fourth-order valence-corrected chi connectivity index (χ4v) is 1.63. The molecule has 1 rings (SSSR count). The zero-order valence-corrected chi connectivity index (χ0v) is 8.59. The first kappa shape index (κ1) is 10.6. The highest BCUT2D eigenvalue weighted by molar-refractivity contribution is 7.13. The van der Waals surface area contributed by atoms with Crippen LogP contribution in [-0.4, -0.2) is 21.8 Å². The lowest BCUT2D eigenvalue weighted by atomic mass is 9.83. The summed E-state index contributed by atoms with van der Waals surface area (Å²) in [7, 11) is 0. The lowest BCUT2D eigenvalue weighted by Crippen LogP contribution is -2.39. The van der Waals surface area contributed by atoms with Gasteiger partial charge < -0.3 is 10.8 Å². The Morgan fingerprint density at radius 1 is 1.64 bits per heavy atom. The third-order valence-electron chi connectivity index (χ3n) is 2.17. The number of carboxylic acids is 1. The van der Waals surface area contributed by atoms with Crippen LogP contribution in [0.2, 0.25) is 0 Å². The summed E-state index contributed by atoms with van der Waals surface area (Å²) in [5.74, 6) is -1.68.